The number of hydrogen-bond acceptors (Lipinski definition) is 20. The summed E-state index contributed by atoms with van der Waals surface area (Å²) in [4.78, 5) is 112. The van der Waals surface area contributed by atoms with Gasteiger partial charge in [0, 0.05) is 69.1 Å². The molecule has 2 aromatic heterocycles. The van der Waals surface area contributed by atoms with Gasteiger partial charge in [-0.2, -0.15) is 0 Å². The van der Waals surface area contributed by atoms with E-state index in [2.05, 4.69) is 20.6 Å². The Hall–Kier alpha value is -3.28. The zero-order valence-corrected chi connectivity index (χ0v) is 48.5. The molecule has 6 aliphatic heterocycles. The molecule has 4 fully saturated rings. The van der Waals surface area contributed by atoms with Crippen molar-refractivity contribution in [2.45, 2.75) is 102 Å². The number of thiazole rings is 2. The average Bonchev–Trinajstić information content (AvgIpc) is 4.01. The first-order chi connectivity index (χ1) is 32.8. The number of aliphatic hydroxyl groups is 2. The number of fused-ring (bicyclic) bond motifs is 2. The van der Waals surface area contributed by atoms with Gasteiger partial charge in [-0.15, -0.1) is 46.2 Å². The summed E-state index contributed by atoms with van der Waals surface area (Å²) in [5.74, 6) is -9.13. The Morgan fingerprint density at radius 1 is 0.639 bits per heavy atom. The molecule has 2 aromatic rings. The Balaban J connectivity index is 0.000000260. The number of anilines is 2. The third-order valence-corrected chi connectivity index (χ3v) is 18.0. The zero-order chi connectivity index (χ0) is 51.5. The molecule has 0 aromatic carbocycles. The van der Waals surface area contributed by atoms with E-state index in [4.69, 9.17) is 0 Å². The molecule has 6 aliphatic rings. The van der Waals surface area contributed by atoms with Crippen molar-refractivity contribution in [2.24, 2.45) is 35.5 Å². The number of carboxylic acids is 4. The van der Waals surface area contributed by atoms with Crippen molar-refractivity contribution in [1.82, 2.24) is 30.4 Å². The molecular weight excluding hydrogens is 1040 g/mol. The smallest absolute Gasteiger partial charge is 0.543 e. The van der Waals surface area contributed by atoms with Crippen LogP contribution in [0.1, 0.15) is 76.4 Å². The molecule has 8 rings (SSSR count). The maximum absolute atomic E-state index is 12.4. The van der Waals surface area contributed by atoms with E-state index in [9.17, 15) is 69.0 Å². The van der Waals surface area contributed by atoms with E-state index >= 15 is 0 Å². The standard InChI is InChI=1S/2C22H28N4O7S2.2Na/c2*1-8(2)14(20(30)31)24-18(28)12-7-34-22(23-12)25-5-11(6-25)35-17-9(3)15-13(10(4)27)19(29)26(15)16(17)21(32)33;;/h2*7-11,13-15,27H,5-6H2,1-4H3,(H,24,28)(H,30,31)(H,32,33);;/q;;2*+1/p-2/t2*9-,10-,13-,14+,15-;;/m11../s1. The first-order valence-corrected chi connectivity index (χ1v) is 26.1. The van der Waals surface area contributed by atoms with E-state index in [0.29, 0.717) is 46.3 Å². The number of nitrogens with one attached hydrogen (secondary N) is 2. The van der Waals surface area contributed by atoms with Gasteiger partial charge in [0.05, 0.1) is 59.5 Å². The molecule has 0 bridgehead atoms. The summed E-state index contributed by atoms with van der Waals surface area (Å²) in [7, 11) is 0. The minimum absolute atomic E-state index is 0. The first kappa shape index (κ1) is 59.6. The number of carbonyl (C=O) groups is 8. The van der Waals surface area contributed by atoms with E-state index in [-0.39, 0.29) is 128 Å². The molecule has 4 amide bonds. The number of rotatable bonds is 18. The van der Waals surface area contributed by atoms with Crippen LogP contribution in [0, 0.1) is 35.5 Å². The molecule has 0 aliphatic carbocycles. The molecule has 22 nitrogen and oxygen atoms in total. The van der Waals surface area contributed by atoms with Crippen molar-refractivity contribution in [1.29, 1.82) is 0 Å². The van der Waals surface area contributed by atoms with Gasteiger partial charge in [0.15, 0.2) is 10.3 Å². The second-order valence-electron chi connectivity index (χ2n) is 18.9. The van der Waals surface area contributed by atoms with Gasteiger partial charge in [-0.05, 0) is 25.7 Å². The Bertz CT molecular complexity index is 2370. The Morgan fingerprint density at radius 3 is 1.22 bits per heavy atom. The molecule has 6 N–H and O–H groups in total. The largest absolute Gasteiger partial charge is 1.00 e. The van der Waals surface area contributed by atoms with Crippen molar-refractivity contribution in [3.63, 3.8) is 0 Å². The van der Waals surface area contributed by atoms with Crippen LogP contribution in [0.5, 0.6) is 0 Å². The monoisotopic (exact) mass is 1090 g/mol. The molecular formula is C44H54N8Na2O14S4. The predicted molar refractivity (Wildman–Crippen MR) is 253 cm³/mol. The maximum Gasteiger partial charge on any atom is 1.00 e. The molecule has 8 heterocycles. The van der Waals surface area contributed by atoms with Gasteiger partial charge < -0.3 is 70.5 Å². The Morgan fingerprint density at radius 2 is 0.958 bits per heavy atom. The van der Waals surface area contributed by atoms with E-state index in [1.165, 1.54) is 69.8 Å². The topological polar surface area (TPSA) is 326 Å². The third kappa shape index (κ3) is 11.4. The number of carboxylic acid groups (broad SMARTS) is 4. The minimum atomic E-state index is -1.40. The number of aliphatic carboxylic acids is 4. The molecule has 0 saturated carbocycles. The number of thioether (sulfide) groups is 2. The number of nitrogens with zero attached hydrogens (tertiary/aromatic N) is 6. The van der Waals surface area contributed by atoms with Crippen molar-refractivity contribution < 1.29 is 128 Å². The number of amides is 4. The Labute approximate surface area is 475 Å². The summed E-state index contributed by atoms with van der Waals surface area (Å²) < 4.78 is 0. The number of β-lactam (4-membered cyclic amide) rings is 2. The molecule has 0 spiro atoms. The van der Waals surface area contributed by atoms with Gasteiger partial charge in [0.1, 0.15) is 23.5 Å². The number of aliphatic hydroxyl groups excluding tert-OH is 2. The number of aromatic nitrogens is 2. The second-order valence-corrected chi connectivity index (χ2v) is 23.3. The summed E-state index contributed by atoms with van der Waals surface area (Å²) in [6, 6.07) is -2.78. The fourth-order valence-electron chi connectivity index (χ4n) is 9.52. The number of hydrogen-bond donors (Lipinski definition) is 6. The van der Waals surface area contributed by atoms with E-state index in [0.717, 1.165) is 0 Å². The average molecular weight is 1090 g/mol. The molecule has 28 heteroatoms. The molecule has 380 valence electrons. The van der Waals surface area contributed by atoms with Crippen LogP contribution in [-0.2, 0) is 28.8 Å². The fourth-order valence-corrected chi connectivity index (χ4v) is 14.2. The minimum Gasteiger partial charge on any atom is -0.543 e. The van der Waals surface area contributed by atoms with E-state index < -0.39 is 83.6 Å². The molecule has 0 unspecified atom stereocenters. The van der Waals surface area contributed by atoms with Gasteiger partial charge >= 0.3 is 71.1 Å². The summed E-state index contributed by atoms with van der Waals surface area (Å²) in [5, 5.41) is 71.6. The molecule has 4 saturated heterocycles. The van der Waals surface area contributed by atoms with Crippen LogP contribution < -0.4 is 89.8 Å². The van der Waals surface area contributed by atoms with E-state index in [1.54, 1.807) is 38.5 Å². The van der Waals surface area contributed by atoms with Crippen molar-refractivity contribution >= 4 is 104 Å². The predicted octanol–water partition coefficient (Wildman–Crippen LogP) is -6.55. The Kier molecular flexibility index (Phi) is 19.6. The van der Waals surface area contributed by atoms with Crippen LogP contribution in [0.4, 0.5) is 10.3 Å². The number of carbonyl (C=O) groups excluding carboxylic acids is 6. The SMILES string of the molecule is CC(C)[C@H](NC(=O)c1csc(N2CC(SC3=C(C(=O)[O-])N4C(=O)[C@H]([C@@H](C)O)[C@H]4[C@H]3C)C2)n1)C(=O)O.CC(C)[C@H](NC(=O)c1csc(N2CC(SC3=C(C(=O)[O-])N4C(=O)[C@H]([C@@H](C)O)[C@H]4[C@H]3C)C2)n1)C(=O)O.[Na+].[Na+]. The van der Waals surface area contributed by atoms with Crippen molar-refractivity contribution in [3.05, 3.63) is 43.4 Å². The van der Waals surface area contributed by atoms with Crippen LogP contribution in [0.2, 0.25) is 0 Å². The van der Waals surface area contributed by atoms with Gasteiger partial charge in [-0.1, -0.05) is 41.5 Å². The summed E-state index contributed by atoms with van der Waals surface area (Å²) in [6.45, 7) is 15.9. The molecule has 10 atom stereocenters. The normalized spacial score (nSPS) is 25.1. The summed E-state index contributed by atoms with van der Waals surface area (Å²) >= 11 is 5.35. The van der Waals surface area contributed by atoms with Gasteiger partial charge in [-0.25, -0.2) is 19.6 Å². The van der Waals surface area contributed by atoms with E-state index in [1.807, 2.05) is 23.6 Å². The van der Waals surface area contributed by atoms with Crippen molar-refractivity contribution in [2.75, 3.05) is 36.0 Å². The molecule has 0 radical (unpaired) electrons. The molecule has 72 heavy (non-hydrogen) atoms. The fraction of sp³-hybridized carbons (Fsp3) is 0.591. The quantitative estimate of drug-likeness (QED) is 0.0597. The first-order valence-electron chi connectivity index (χ1n) is 22.6. The summed E-state index contributed by atoms with van der Waals surface area (Å²) in [5.41, 5.74) is 0.0937. The van der Waals surface area contributed by atoms with Gasteiger partial charge in [0.2, 0.25) is 11.8 Å². The van der Waals surface area contributed by atoms with Crippen molar-refractivity contribution in [3.8, 4) is 0 Å². The van der Waals surface area contributed by atoms with Crippen LogP contribution in [-0.4, -0.2) is 161 Å². The third-order valence-electron chi connectivity index (χ3n) is 13.3. The van der Waals surface area contributed by atoms with Crippen LogP contribution in [0.3, 0.4) is 0 Å². The van der Waals surface area contributed by atoms with Crippen LogP contribution >= 0.6 is 46.2 Å². The maximum atomic E-state index is 12.4. The van der Waals surface area contributed by atoms with Gasteiger partial charge in [0.25, 0.3) is 11.8 Å². The summed E-state index contributed by atoms with van der Waals surface area (Å²) in [6.07, 6.45) is -1.72. The zero-order valence-electron chi connectivity index (χ0n) is 41.3. The van der Waals surface area contributed by atoms with Crippen LogP contribution in [0.15, 0.2) is 32.0 Å². The van der Waals surface area contributed by atoms with Gasteiger partial charge in [-0.3, -0.25) is 19.2 Å². The van der Waals surface area contributed by atoms with Crippen LogP contribution in [0.25, 0.3) is 0 Å². The second kappa shape index (κ2) is 23.7.